The Kier molecular flexibility index (Phi) is 5.14. The van der Waals surface area contributed by atoms with Gasteiger partial charge in [0.2, 0.25) is 0 Å². The van der Waals surface area contributed by atoms with Gasteiger partial charge in [-0.3, -0.25) is 0 Å². The normalized spacial score (nSPS) is 13.6. The van der Waals surface area contributed by atoms with Gasteiger partial charge >= 0.3 is 0 Å². The average molecular weight is 321 g/mol. The highest BCUT2D eigenvalue weighted by atomic mass is 16.3. The Labute approximate surface area is 143 Å². The minimum absolute atomic E-state index is 0.269. The largest absolute Gasteiger partial charge is 0.460 e. The number of benzene rings is 2. The van der Waals surface area contributed by atoms with Crippen molar-refractivity contribution in [3.05, 3.63) is 83.6 Å². The van der Waals surface area contributed by atoms with Crippen molar-refractivity contribution in [2.24, 2.45) is 0 Å². The van der Waals surface area contributed by atoms with E-state index in [2.05, 4.69) is 36.5 Å². The second kappa shape index (κ2) is 7.47. The molecule has 2 N–H and O–H groups in total. The van der Waals surface area contributed by atoms with Crippen molar-refractivity contribution in [2.45, 2.75) is 32.5 Å². The van der Waals surface area contributed by atoms with Crippen LogP contribution in [0.4, 0.5) is 0 Å². The molecule has 3 heteroatoms. The third-order valence-corrected chi connectivity index (χ3v) is 4.22. The molecule has 0 amide bonds. The fourth-order valence-electron chi connectivity index (χ4n) is 2.67. The number of hydrogen-bond donors (Lipinski definition) is 2. The first kappa shape index (κ1) is 16.5. The predicted octanol–water partition coefficient (Wildman–Crippen LogP) is 4.85. The number of nitrogens with one attached hydrogen (secondary N) is 1. The Morgan fingerprint density at radius 1 is 0.875 bits per heavy atom. The molecule has 0 radical (unpaired) electrons. The lowest BCUT2D eigenvalue weighted by Gasteiger charge is -2.12. The first-order valence-corrected chi connectivity index (χ1v) is 8.29. The van der Waals surface area contributed by atoms with Crippen molar-refractivity contribution in [3.63, 3.8) is 0 Å². The summed E-state index contributed by atoms with van der Waals surface area (Å²) in [5.41, 5.74) is 3.18. The Morgan fingerprint density at radius 3 is 2.25 bits per heavy atom. The summed E-state index contributed by atoms with van der Waals surface area (Å²) in [4.78, 5) is 0. The third kappa shape index (κ3) is 3.94. The van der Waals surface area contributed by atoms with E-state index in [1.807, 2.05) is 42.5 Å². The van der Waals surface area contributed by atoms with Gasteiger partial charge in [-0.1, -0.05) is 54.6 Å². The molecule has 1 aromatic heterocycles. The quantitative estimate of drug-likeness (QED) is 0.682. The van der Waals surface area contributed by atoms with E-state index in [4.69, 9.17) is 4.42 Å². The van der Waals surface area contributed by atoms with Crippen LogP contribution in [0.3, 0.4) is 0 Å². The number of aliphatic hydroxyl groups excluding tert-OH is 1. The second-order valence-corrected chi connectivity index (χ2v) is 6.08. The maximum Gasteiger partial charge on any atom is 0.134 e. The zero-order valence-corrected chi connectivity index (χ0v) is 14.1. The maximum atomic E-state index is 9.57. The molecule has 124 valence electrons. The lowest BCUT2D eigenvalue weighted by Crippen LogP contribution is -2.17. The molecule has 3 nitrogen and oxygen atoms in total. The van der Waals surface area contributed by atoms with Gasteiger partial charge in [-0.2, -0.15) is 0 Å². The van der Waals surface area contributed by atoms with Gasteiger partial charge in [-0.15, -0.1) is 0 Å². The van der Waals surface area contributed by atoms with Gasteiger partial charge in [0.15, 0.2) is 0 Å². The van der Waals surface area contributed by atoms with E-state index in [1.165, 1.54) is 5.56 Å². The molecule has 0 unspecified atom stereocenters. The molecule has 0 fully saturated rings. The zero-order valence-electron chi connectivity index (χ0n) is 14.1. The second-order valence-electron chi connectivity index (χ2n) is 6.08. The minimum atomic E-state index is -0.449. The molecule has 0 aliphatic rings. The number of rotatable bonds is 6. The highest BCUT2D eigenvalue weighted by molar-refractivity contribution is 5.58. The van der Waals surface area contributed by atoms with Crippen LogP contribution in [0.2, 0.25) is 0 Å². The van der Waals surface area contributed by atoms with Gasteiger partial charge in [-0.05, 0) is 37.1 Å². The van der Waals surface area contributed by atoms with Crippen LogP contribution < -0.4 is 5.32 Å². The van der Waals surface area contributed by atoms with Crippen molar-refractivity contribution in [2.75, 3.05) is 0 Å². The summed E-state index contributed by atoms with van der Waals surface area (Å²) in [6.45, 7) is 4.59. The fraction of sp³-hybridized carbons (Fsp3) is 0.238. The van der Waals surface area contributed by atoms with Gasteiger partial charge in [0.1, 0.15) is 11.5 Å². The Balaban J connectivity index is 1.63. The van der Waals surface area contributed by atoms with Gasteiger partial charge in [0.25, 0.3) is 0 Å². The maximum absolute atomic E-state index is 9.57. The molecule has 2 aromatic carbocycles. The summed E-state index contributed by atoms with van der Waals surface area (Å²) in [7, 11) is 0. The van der Waals surface area contributed by atoms with E-state index in [0.717, 1.165) is 22.6 Å². The summed E-state index contributed by atoms with van der Waals surface area (Å²) in [6.07, 6.45) is -0.449. The standard InChI is InChI=1S/C21H23NO2/c1-15(17-6-4-3-5-7-17)22-14-20-12-13-21(24-20)19-10-8-18(9-11-19)16(2)23/h3-13,15-16,22-23H,14H2,1-2H3/t15-,16-/m1/s1. The fourth-order valence-corrected chi connectivity index (χ4v) is 2.67. The van der Waals surface area contributed by atoms with Gasteiger partial charge in [0.05, 0.1) is 12.6 Å². The first-order chi connectivity index (χ1) is 11.6. The van der Waals surface area contributed by atoms with Gasteiger partial charge < -0.3 is 14.8 Å². The molecule has 0 spiro atoms. The molecule has 1 heterocycles. The van der Waals surface area contributed by atoms with E-state index in [1.54, 1.807) is 6.92 Å². The molecule has 0 saturated heterocycles. The molecular formula is C21H23NO2. The average Bonchev–Trinajstić information content (AvgIpc) is 3.09. The van der Waals surface area contributed by atoms with E-state index in [-0.39, 0.29) is 6.04 Å². The van der Waals surface area contributed by atoms with Crippen molar-refractivity contribution in [3.8, 4) is 11.3 Å². The topological polar surface area (TPSA) is 45.4 Å². The smallest absolute Gasteiger partial charge is 0.134 e. The molecule has 0 aliphatic carbocycles. The molecule has 3 rings (SSSR count). The Morgan fingerprint density at radius 2 is 1.58 bits per heavy atom. The van der Waals surface area contributed by atoms with Crippen LogP contribution in [0.1, 0.15) is 42.9 Å². The Hall–Kier alpha value is -2.36. The zero-order chi connectivity index (χ0) is 16.9. The molecular weight excluding hydrogens is 298 g/mol. The van der Waals surface area contributed by atoms with Gasteiger partial charge in [0, 0.05) is 11.6 Å². The van der Waals surface area contributed by atoms with Crippen LogP contribution in [0.5, 0.6) is 0 Å². The highest BCUT2D eigenvalue weighted by Gasteiger charge is 2.08. The predicted molar refractivity (Wildman–Crippen MR) is 96.5 cm³/mol. The van der Waals surface area contributed by atoms with E-state index in [9.17, 15) is 5.11 Å². The third-order valence-electron chi connectivity index (χ3n) is 4.22. The van der Waals surface area contributed by atoms with Crippen molar-refractivity contribution in [1.82, 2.24) is 5.32 Å². The number of hydrogen-bond acceptors (Lipinski definition) is 3. The number of furan rings is 1. The van der Waals surface area contributed by atoms with Crippen molar-refractivity contribution in [1.29, 1.82) is 0 Å². The van der Waals surface area contributed by atoms with Crippen LogP contribution in [0.25, 0.3) is 11.3 Å². The lowest BCUT2D eigenvalue weighted by atomic mass is 10.1. The van der Waals surface area contributed by atoms with Gasteiger partial charge in [-0.25, -0.2) is 0 Å². The first-order valence-electron chi connectivity index (χ1n) is 8.29. The van der Waals surface area contributed by atoms with Crippen LogP contribution in [0, 0.1) is 0 Å². The van der Waals surface area contributed by atoms with Crippen LogP contribution in [-0.2, 0) is 6.54 Å². The van der Waals surface area contributed by atoms with E-state index in [0.29, 0.717) is 6.54 Å². The lowest BCUT2D eigenvalue weighted by molar-refractivity contribution is 0.199. The molecule has 0 saturated carbocycles. The van der Waals surface area contributed by atoms with Crippen LogP contribution in [-0.4, -0.2) is 5.11 Å². The number of aliphatic hydroxyl groups is 1. The molecule has 0 bridgehead atoms. The summed E-state index contributed by atoms with van der Waals surface area (Å²) in [6, 6.07) is 22.4. The van der Waals surface area contributed by atoms with Crippen LogP contribution >= 0.6 is 0 Å². The van der Waals surface area contributed by atoms with E-state index >= 15 is 0 Å². The highest BCUT2D eigenvalue weighted by Crippen LogP contribution is 2.24. The van der Waals surface area contributed by atoms with Crippen molar-refractivity contribution >= 4 is 0 Å². The van der Waals surface area contributed by atoms with E-state index < -0.39 is 6.10 Å². The molecule has 3 aromatic rings. The SMILES string of the molecule is C[C@@H](O)c1ccc(-c2ccc(CN[C@H](C)c3ccccc3)o2)cc1. The summed E-state index contributed by atoms with van der Waals surface area (Å²) in [5.74, 6) is 1.75. The molecule has 2 atom stereocenters. The monoisotopic (exact) mass is 321 g/mol. The Bertz CT molecular complexity index is 760. The summed E-state index contributed by atoms with van der Waals surface area (Å²) < 4.78 is 5.93. The molecule has 24 heavy (non-hydrogen) atoms. The minimum Gasteiger partial charge on any atom is -0.460 e. The summed E-state index contributed by atoms with van der Waals surface area (Å²) in [5, 5.41) is 13.1. The van der Waals surface area contributed by atoms with Crippen LogP contribution in [0.15, 0.2) is 71.1 Å². The molecule has 0 aliphatic heterocycles. The summed E-state index contributed by atoms with van der Waals surface area (Å²) >= 11 is 0. The van der Waals surface area contributed by atoms with Crippen molar-refractivity contribution < 1.29 is 9.52 Å².